The molecule has 0 unspecified atom stereocenters. The number of hydrogen-bond donors (Lipinski definition) is 1. The van der Waals surface area contributed by atoms with E-state index in [2.05, 4.69) is 0 Å². The number of methoxy groups -OCH3 is 1. The quantitative estimate of drug-likeness (QED) is 0.605. The number of carbonyl (C=O) groups is 2. The van der Waals surface area contributed by atoms with Gasteiger partial charge in [0.25, 0.3) is 5.91 Å². The normalized spacial score (nSPS) is 17.9. The molecule has 164 valence electrons. The molecule has 0 saturated carbocycles. The van der Waals surface area contributed by atoms with Crippen LogP contribution in [0.1, 0.15) is 34.8 Å². The third-order valence-corrected chi connectivity index (χ3v) is 5.78. The molecule has 1 heterocycles. The number of carboxylic acids is 1. The zero-order valence-corrected chi connectivity index (χ0v) is 17.3. The third kappa shape index (κ3) is 3.82. The number of nitrogens with zero attached hydrogens (tertiary/aromatic N) is 1. The van der Waals surface area contributed by atoms with Gasteiger partial charge >= 0.3 is 5.97 Å². The first-order valence-corrected chi connectivity index (χ1v) is 10.1. The summed E-state index contributed by atoms with van der Waals surface area (Å²) in [5.74, 6) is -2.51. The van der Waals surface area contributed by atoms with Gasteiger partial charge in [0, 0.05) is 22.3 Å². The summed E-state index contributed by atoms with van der Waals surface area (Å²) in [6.45, 7) is 0. The lowest BCUT2D eigenvalue weighted by Gasteiger charge is -2.29. The molecule has 1 N–H and O–H groups in total. The van der Waals surface area contributed by atoms with Gasteiger partial charge in [-0.25, -0.2) is 13.6 Å². The average Bonchev–Trinajstić information content (AvgIpc) is 3.24. The third-order valence-electron chi connectivity index (χ3n) is 5.78. The number of halogens is 2. The minimum atomic E-state index is -1.18. The van der Waals surface area contributed by atoms with Crippen molar-refractivity contribution in [1.82, 2.24) is 4.90 Å². The van der Waals surface area contributed by atoms with Crippen molar-refractivity contribution in [3.05, 3.63) is 89.5 Å². The Hall–Kier alpha value is -3.74. The van der Waals surface area contributed by atoms with Crippen LogP contribution in [-0.2, 0) is 4.79 Å². The van der Waals surface area contributed by atoms with Gasteiger partial charge in [-0.3, -0.25) is 4.79 Å². The van der Waals surface area contributed by atoms with Gasteiger partial charge in [-0.15, -0.1) is 0 Å². The molecule has 4 rings (SSSR count). The molecule has 3 aromatic carbocycles. The van der Waals surface area contributed by atoms with E-state index in [1.807, 2.05) is 0 Å². The largest absolute Gasteiger partial charge is 0.496 e. The molecular weight excluding hydrogens is 416 g/mol. The monoisotopic (exact) mass is 437 g/mol. The zero-order chi connectivity index (χ0) is 22.8. The molecule has 1 aliphatic rings. The molecule has 1 fully saturated rings. The number of para-hydroxylation sites is 1. The summed E-state index contributed by atoms with van der Waals surface area (Å²) in [5.41, 5.74) is 1.02. The van der Waals surface area contributed by atoms with Gasteiger partial charge in [0.15, 0.2) is 0 Å². The van der Waals surface area contributed by atoms with Crippen LogP contribution < -0.4 is 4.74 Å². The lowest BCUT2D eigenvalue weighted by molar-refractivity contribution is -0.141. The number of likely N-dealkylation sites (tertiary alicyclic amines) is 1. The Balaban J connectivity index is 1.72. The molecule has 0 bridgehead atoms. The fraction of sp³-hybridized carbons (Fsp3) is 0.200. The highest BCUT2D eigenvalue weighted by molar-refractivity contribution is 5.98. The van der Waals surface area contributed by atoms with Gasteiger partial charge in [-0.1, -0.05) is 42.5 Å². The maximum absolute atomic E-state index is 15.0. The minimum absolute atomic E-state index is 0.00404. The van der Waals surface area contributed by atoms with Crippen molar-refractivity contribution < 1.29 is 28.2 Å². The van der Waals surface area contributed by atoms with E-state index in [1.54, 1.807) is 30.3 Å². The van der Waals surface area contributed by atoms with E-state index in [0.717, 1.165) is 11.0 Å². The molecule has 5 nitrogen and oxygen atoms in total. The first-order valence-electron chi connectivity index (χ1n) is 10.1. The number of carbonyl (C=O) groups excluding carboxylic acids is 1. The number of amides is 1. The Morgan fingerprint density at radius 2 is 1.66 bits per heavy atom. The van der Waals surface area contributed by atoms with Crippen molar-refractivity contribution in [2.45, 2.75) is 24.9 Å². The fourth-order valence-electron chi connectivity index (χ4n) is 4.27. The lowest BCUT2D eigenvalue weighted by atomic mass is 10.0. The maximum atomic E-state index is 15.0. The van der Waals surface area contributed by atoms with Crippen LogP contribution in [0, 0.1) is 11.6 Å². The van der Waals surface area contributed by atoms with Crippen molar-refractivity contribution in [3.8, 4) is 16.9 Å². The predicted molar refractivity (Wildman–Crippen MR) is 114 cm³/mol. The Morgan fingerprint density at radius 3 is 2.34 bits per heavy atom. The SMILES string of the molecule is COc1ccccc1-c1ccc(C(=O)N2[C@@H](c3ccccc3F)CC[C@H]2C(=O)O)cc1F. The topological polar surface area (TPSA) is 66.8 Å². The Morgan fingerprint density at radius 1 is 0.938 bits per heavy atom. The molecule has 3 aromatic rings. The van der Waals surface area contributed by atoms with Crippen molar-refractivity contribution in [2.24, 2.45) is 0 Å². The molecule has 0 aromatic heterocycles. The highest BCUT2D eigenvalue weighted by Crippen LogP contribution is 2.39. The summed E-state index contributed by atoms with van der Waals surface area (Å²) >= 11 is 0. The summed E-state index contributed by atoms with van der Waals surface area (Å²) in [6.07, 6.45) is 0.479. The first-order chi connectivity index (χ1) is 15.4. The summed E-state index contributed by atoms with van der Waals surface area (Å²) in [5, 5.41) is 9.64. The Kier molecular flexibility index (Phi) is 5.90. The number of ether oxygens (including phenoxy) is 1. The maximum Gasteiger partial charge on any atom is 0.326 e. The number of rotatable bonds is 5. The molecule has 32 heavy (non-hydrogen) atoms. The predicted octanol–water partition coefficient (Wildman–Crippen LogP) is 5.07. The Labute approximate surface area is 183 Å². The van der Waals surface area contributed by atoms with Crippen LogP contribution in [0.15, 0.2) is 66.7 Å². The van der Waals surface area contributed by atoms with E-state index < -0.39 is 35.6 Å². The van der Waals surface area contributed by atoms with Crippen molar-refractivity contribution in [1.29, 1.82) is 0 Å². The van der Waals surface area contributed by atoms with Gasteiger partial charge in [0.2, 0.25) is 0 Å². The van der Waals surface area contributed by atoms with Gasteiger partial charge < -0.3 is 14.7 Å². The van der Waals surface area contributed by atoms with E-state index in [-0.39, 0.29) is 23.1 Å². The van der Waals surface area contributed by atoms with E-state index in [0.29, 0.717) is 17.7 Å². The minimum Gasteiger partial charge on any atom is -0.496 e. The molecule has 0 spiro atoms. The van der Waals surface area contributed by atoms with Crippen molar-refractivity contribution in [3.63, 3.8) is 0 Å². The lowest BCUT2D eigenvalue weighted by Crippen LogP contribution is -2.42. The summed E-state index contributed by atoms with van der Waals surface area (Å²) in [7, 11) is 1.48. The number of hydrogen-bond acceptors (Lipinski definition) is 3. The fourth-order valence-corrected chi connectivity index (χ4v) is 4.27. The number of carboxylic acid groups (broad SMARTS) is 1. The van der Waals surface area contributed by atoms with E-state index >= 15 is 4.39 Å². The summed E-state index contributed by atoms with van der Waals surface area (Å²) in [4.78, 5) is 26.3. The smallest absolute Gasteiger partial charge is 0.326 e. The molecule has 7 heteroatoms. The van der Waals surface area contributed by atoms with Crippen LogP contribution in [0.25, 0.3) is 11.1 Å². The second-order valence-corrected chi connectivity index (χ2v) is 7.58. The molecule has 1 amide bonds. The highest BCUT2D eigenvalue weighted by atomic mass is 19.1. The van der Waals surface area contributed by atoms with Crippen LogP contribution in [-0.4, -0.2) is 35.0 Å². The van der Waals surface area contributed by atoms with E-state index in [4.69, 9.17) is 4.74 Å². The first kappa shape index (κ1) is 21.5. The molecule has 2 atom stereocenters. The van der Waals surface area contributed by atoms with Crippen LogP contribution in [0.2, 0.25) is 0 Å². The number of benzene rings is 3. The van der Waals surface area contributed by atoms with Gasteiger partial charge in [0.05, 0.1) is 13.2 Å². The molecule has 0 radical (unpaired) electrons. The van der Waals surface area contributed by atoms with Gasteiger partial charge in [-0.05, 0) is 37.1 Å². The summed E-state index contributed by atoms with van der Waals surface area (Å²) in [6, 6.07) is 15.0. The standard InChI is InChI=1S/C25H21F2NO4/c1-32-23-9-5-3-6-17(23)16-11-10-15(14-20(16)27)24(29)28-21(12-13-22(28)25(30)31)18-7-2-4-8-19(18)26/h2-11,14,21-22H,12-13H2,1H3,(H,30,31)/t21-,22+/m1/s1. The molecular formula is C25H21F2NO4. The van der Waals surface area contributed by atoms with Crippen molar-refractivity contribution in [2.75, 3.05) is 7.11 Å². The molecule has 0 aliphatic carbocycles. The van der Waals surface area contributed by atoms with Crippen molar-refractivity contribution >= 4 is 11.9 Å². The van der Waals surface area contributed by atoms with Crippen LogP contribution in [0.4, 0.5) is 8.78 Å². The second-order valence-electron chi connectivity index (χ2n) is 7.58. The van der Waals surface area contributed by atoms with Crippen LogP contribution >= 0.6 is 0 Å². The number of aliphatic carboxylic acids is 1. The van der Waals surface area contributed by atoms with E-state index in [9.17, 15) is 19.1 Å². The van der Waals surface area contributed by atoms with E-state index in [1.165, 1.54) is 37.4 Å². The average molecular weight is 437 g/mol. The Bertz CT molecular complexity index is 1180. The van der Waals surface area contributed by atoms with Crippen LogP contribution in [0.3, 0.4) is 0 Å². The van der Waals surface area contributed by atoms with Gasteiger partial charge in [-0.2, -0.15) is 0 Å². The van der Waals surface area contributed by atoms with Gasteiger partial charge in [0.1, 0.15) is 23.4 Å². The zero-order valence-electron chi connectivity index (χ0n) is 17.3. The summed E-state index contributed by atoms with van der Waals surface area (Å²) < 4.78 is 34.8. The van der Waals surface area contributed by atoms with Crippen LogP contribution in [0.5, 0.6) is 5.75 Å². The highest BCUT2D eigenvalue weighted by Gasteiger charge is 2.42. The molecule has 1 aliphatic heterocycles. The molecule has 1 saturated heterocycles. The second kappa shape index (κ2) is 8.78.